The number of benzene rings is 1. The van der Waals surface area contributed by atoms with Gasteiger partial charge in [0.1, 0.15) is 5.75 Å². The normalized spacial score (nSPS) is 10.6. The predicted octanol–water partition coefficient (Wildman–Crippen LogP) is 3.05. The zero-order valence-corrected chi connectivity index (χ0v) is 11.9. The van der Waals surface area contributed by atoms with Gasteiger partial charge in [0, 0.05) is 11.0 Å². The third-order valence-corrected chi connectivity index (χ3v) is 3.00. The standard InChI is InChI=1S/C13H16BrN3O/c1-15-7-2-8-17-10-13(9-16-17)18-12-5-3-11(14)4-6-12/h3-6,9-10,15H,2,7-8H2,1H3. The Morgan fingerprint density at radius 2 is 2.06 bits per heavy atom. The summed E-state index contributed by atoms with van der Waals surface area (Å²) in [4.78, 5) is 0. The highest BCUT2D eigenvalue weighted by Crippen LogP contribution is 2.22. The lowest BCUT2D eigenvalue weighted by molar-refractivity contribution is 0.480. The summed E-state index contributed by atoms with van der Waals surface area (Å²) >= 11 is 3.39. The first-order chi connectivity index (χ1) is 8.78. The van der Waals surface area contributed by atoms with E-state index in [-0.39, 0.29) is 0 Å². The molecule has 18 heavy (non-hydrogen) atoms. The molecule has 1 aromatic carbocycles. The molecule has 1 heterocycles. The topological polar surface area (TPSA) is 39.1 Å². The number of ether oxygens (including phenoxy) is 1. The van der Waals surface area contributed by atoms with E-state index in [9.17, 15) is 0 Å². The molecule has 1 aromatic heterocycles. The van der Waals surface area contributed by atoms with Gasteiger partial charge in [0.2, 0.25) is 0 Å². The van der Waals surface area contributed by atoms with Gasteiger partial charge in [-0.1, -0.05) is 15.9 Å². The SMILES string of the molecule is CNCCCn1cc(Oc2ccc(Br)cc2)cn1. The summed E-state index contributed by atoms with van der Waals surface area (Å²) in [6, 6.07) is 7.74. The van der Waals surface area contributed by atoms with Crippen LogP contribution in [-0.2, 0) is 6.54 Å². The average Bonchev–Trinajstić information content (AvgIpc) is 2.80. The van der Waals surface area contributed by atoms with Crippen molar-refractivity contribution in [2.45, 2.75) is 13.0 Å². The minimum atomic E-state index is 0.766. The maximum Gasteiger partial charge on any atom is 0.165 e. The Hall–Kier alpha value is -1.33. The van der Waals surface area contributed by atoms with Crippen molar-refractivity contribution in [3.63, 3.8) is 0 Å². The molecule has 0 saturated heterocycles. The summed E-state index contributed by atoms with van der Waals surface area (Å²) in [5.74, 6) is 1.58. The van der Waals surface area contributed by atoms with Gasteiger partial charge in [0.25, 0.3) is 0 Å². The highest BCUT2D eigenvalue weighted by Gasteiger charge is 2.01. The molecule has 0 fully saturated rings. The summed E-state index contributed by atoms with van der Waals surface area (Å²) in [6.07, 6.45) is 4.70. The molecule has 0 aliphatic heterocycles. The third kappa shape index (κ3) is 3.85. The summed E-state index contributed by atoms with van der Waals surface area (Å²) in [6.45, 7) is 1.88. The second-order valence-electron chi connectivity index (χ2n) is 3.95. The molecule has 2 aromatic rings. The van der Waals surface area contributed by atoms with E-state index in [1.807, 2.05) is 42.2 Å². The highest BCUT2D eigenvalue weighted by atomic mass is 79.9. The molecule has 2 rings (SSSR count). The number of halogens is 1. The highest BCUT2D eigenvalue weighted by molar-refractivity contribution is 9.10. The van der Waals surface area contributed by atoms with Gasteiger partial charge in [0.05, 0.1) is 12.4 Å². The minimum absolute atomic E-state index is 0.766. The quantitative estimate of drug-likeness (QED) is 0.834. The molecule has 0 radical (unpaired) electrons. The van der Waals surface area contributed by atoms with Gasteiger partial charge in [-0.05, 0) is 44.3 Å². The molecule has 96 valence electrons. The number of hydrogen-bond acceptors (Lipinski definition) is 3. The van der Waals surface area contributed by atoms with E-state index in [2.05, 4.69) is 26.3 Å². The van der Waals surface area contributed by atoms with Gasteiger partial charge < -0.3 is 10.1 Å². The van der Waals surface area contributed by atoms with Gasteiger partial charge in [-0.25, -0.2) is 0 Å². The van der Waals surface area contributed by atoms with Crippen molar-refractivity contribution in [2.75, 3.05) is 13.6 Å². The summed E-state index contributed by atoms with van der Waals surface area (Å²) < 4.78 is 8.63. The van der Waals surface area contributed by atoms with Crippen molar-refractivity contribution < 1.29 is 4.74 Å². The fourth-order valence-electron chi connectivity index (χ4n) is 1.58. The van der Waals surface area contributed by atoms with Crippen LogP contribution in [0.1, 0.15) is 6.42 Å². The van der Waals surface area contributed by atoms with Gasteiger partial charge in [-0.15, -0.1) is 0 Å². The fraction of sp³-hybridized carbons (Fsp3) is 0.308. The lowest BCUT2D eigenvalue weighted by Gasteiger charge is -2.02. The number of nitrogens with one attached hydrogen (secondary N) is 1. The van der Waals surface area contributed by atoms with E-state index in [1.165, 1.54) is 0 Å². The van der Waals surface area contributed by atoms with Crippen molar-refractivity contribution in [2.24, 2.45) is 0 Å². The van der Waals surface area contributed by atoms with E-state index in [0.29, 0.717) is 0 Å². The molecule has 1 N–H and O–H groups in total. The summed E-state index contributed by atoms with van der Waals surface area (Å²) in [7, 11) is 1.95. The van der Waals surface area contributed by atoms with Crippen LogP contribution in [-0.4, -0.2) is 23.4 Å². The molecule has 0 aliphatic rings. The van der Waals surface area contributed by atoms with Crippen molar-refractivity contribution in [3.8, 4) is 11.5 Å². The zero-order chi connectivity index (χ0) is 12.8. The van der Waals surface area contributed by atoms with Crippen molar-refractivity contribution in [3.05, 3.63) is 41.1 Å². The molecule has 5 heteroatoms. The van der Waals surface area contributed by atoms with Gasteiger partial charge in [0.15, 0.2) is 5.75 Å². The van der Waals surface area contributed by atoms with Crippen molar-refractivity contribution >= 4 is 15.9 Å². The monoisotopic (exact) mass is 309 g/mol. The Kier molecular flexibility index (Phi) is 4.78. The first kappa shape index (κ1) is 13.1. The lowest BCUT2D eigenvalue weighted by Crippen LogP contribution is -2.11. The van der Waals surface area contributed by atoms with Crippen LogP contribution in [0.2, 0.25) is 0 Å². The molecule has 0 aliphatic carbocycles. The Morgan fingerprint density at radius 1 is 1.28 bits per heavy atom. The predicted molar refractivity (Wildman–Crippen MR) is 75.0 cm³/mol. The third-order valence-electron chi connectivity index (χ3n) is 2.47. The first-order valence-electron chi connectivity index (χ1n) is 5.88. The van der Waals surface area contributed by atoms with Crippen LogP contribution >= 0.6 is 15.9 Å². The fourth-order valence-corrected chi connectivity index (χ4v) is 1.84. The zero-order valence-electron chi connectivity index (χ0n) is 10.3. The number of nitrogens with zero attached hydrogens (tertiary/aromatic N) is 2. The summed E-state index contributed by atoms with van der Waals surface area (Å²) in [5.41, 5.74) is 0. The van der Waals surface area contributed by atoms with Crippen LogP contribution in [0.5, 0.6) is 11.5 Å². The molecule has 0 unspecified atom stereocenters. The molecular weight excluding hydrogens is 294 g/mol. The Balaban J connectivity index is 1.91. The molecule has 4 nitrogen and oxygen atoms in total. The van der Waals surface area contributed by atoms with Gasteiger partial charge >= 0.3 is 0 Å². The van der Waals surface area contributed by atoms with Crippen LogP contribution in [0.3, 0.4) is 0 Å². The summed E-state index contributed by atoms with van der Waals surface area (Å²) in [5, 5.41) is 7.37. The molecular formula is C13H16BrN3O. The molecule has 0 atom stereocenters. The maximum absolute atomic E-state index is 5.70. The second-order valence-corrected chi connectivity index (χ2v) is 4.87. The van der Waals surface area contributed by atoms with Crippen molar-refractivity contribution in [1.29, 1.82) is 0 Å². The largest absolute Gasteiger partial charge is 0.454 e. The number of aryl methyl sites for hydroxylation is 1. The Morgan fingerprint density at radius 3 is 2.78 bits per heavy atom. The first-order valence-corrected chi connectivity index (χ1v) is 6.68. The number of hydrogen-bond donors (Lipinski definition) is 1. The Bertz CT molecular complexity index is 481. The number of aromatic nitrogens is 2. The number of rotatable bonds is 6. The lowest BCUT2D eigenvalue weighted by atomic mass is 10.3. The van der Waals surface area contributed by atoms with Crippen LogP contribution in [0, 0.1) is 0 Å². The van der Waals surface area contributed by atoms with E-state index in [4.69, 9.17) is 4.74 Å². The molecule has 0 amide bonds. The van der Waals surface area contributed by atoms with E-state index >= 15 is 0 Å². The smallest absolute Gasteiger partial charge is 0.165 e. The van der Waals surface area contributed by atoms with Gasteiger partial charge in [-0.2, -0.15) is 5.10 Å². The minimum Gasteiger partial charge on any atom is -0.454 e. The van der Waals surface area contributed by atoms with Crippen LogP contribution in [0.15, 0.2) is 41.1 Å². The molecule has 0 spiro atoms. The van der Waals surface area contributed by atoms with Crippen LogP contribution in [0.4, 0.5) is 0 Å². The Labute approximate surface area is 115 Å². The van der Waals surface area contributed by atoms with Crippen LogP contribution < -0.4 is 10.1 Å². The second kappa shape index (κ2) is 6.56. The van der Waals surface area contributed by atoms with Crippen molar-refractivity contribution in [1.82, 2.24) is 15.1 Å². The molecule has 0 saturated carbocycles. The maximum atomic E-state index is 5.70. The van der Waals surface area contributed by atoms with E-state index < -0.39 is 0 Å². The average molecular weight is 310 g/mol. The van der Waals surface area contributed by atoms with Crippen LogP contribution in [0.25, 0.3) is 0 Å². The van der Waals surface area contributed by atoms with E-state index in [0.717, 1.165) is 35.5 Å². The van der Waals surface area contributed by atoms with Gasteiger partial charge in [-0.3, -0.25) is 4.68 Å². The molecule has 0 bridgehead atoms. The van der Waals surface area contributed by atoms with E-state index in [1.54, 1.807) is 6.20 Å².